The number of likely N-dealkylation sites (tertiary alicyclic amines) is 1. The number of esters is 2. The largest absolute Gasteiger partial charge is 0.504 e. The van der Waals surface area contributed by atoms with Crippen LogP contribution >= 0.6 is 0 Å². The van der Waals surface area contributed by atoms with Gasteiger partial charge < -0.3 is 34.4 Å². The first-order valence-corrected chi connectivity index (χ1v) is 11.9. The van der Waals surface area contributed by atoms with E-state index in [4.69, 9.17) is 19.3 Å². The van der Waals surface area contributed by atoms with Gasteiger partial charge in [-0.15, -0.1) is 0 Å². The minimum Gasteiger partial charge on any atom is -0.504 e. The monoisotopic (exact) mass is 487 g/mol. The number of rotatable bonds is 6. The Labute approximate surface area is 202 Å². The number of benzene rings is 1. The Kier molecular flexibility index (Phi) is 5.56. The summed E-state index contributed by atoms with van der Waals surface area (Å²) in [6, 6.07) is 3.30. The summed E-state index contributed by atoms with van der Waals surface area (Å²) in [4.78, 5) is 37.5. The molecule has 5 atom stereocenters. The summed E-state index contributed by atoms with van der Waals surface area (Å²) in [5, 5.41) is 31.7. The van der Waals surface area contributed by atoms with E-state index in [2.05, 4.69) is 4.90 Å². The molecule has 0 saturated carbocycles. The minimum atomic E-state index is -1.31. The van der Waals surface area contributed by atoms with Gasteiger partial charge in [-0.3, -0.25) is 9.59 Å². The van der Waals surface area contributed by atoms with Crippen molar-refractivity contribution in [3.63, 3.8) is 0 Å². The molecule has 4 aliphatic rings. The first-order chi connectivity index (χ1) is 16.6. The van der Waals surface area contributed by atoms with Gasteiger partial charge in [-0.2, -0.15) is 0 Å². The van der Waals surface area contributed by atoms with Crippen molar-refractivity contribution in [1.82, 2.24) is 4.90 Å². The lowest BCUT2D eigenvalue weighted by Crippen LogP contribution is -2.69. The predicted octanol–water partition coefficient (Wildman–Crippen LogP) is 1.40. The Morgan fingerprint density at radius 2 is 2.00 bits per heavy atom. The topological polar surface area (TPSA) is 143 Å². The summed E-state index contributed by atoms with van der Waals surface area (Å²) in [5.41, 5.74) is -0.262. The smallest absolute Gasteiger partial charge is 0.344 e. The van der Waals surface area contributed by atoms with Gasteiger partial charge in [-0.1, -0.05) is 6.07 Å². The highest BCUT2D eigenvalue weighted by Gasteiger charge is 2.71. The quantitative estimate of drug-likeness (QED) is 0.504. The van der Waals surface area contributed by atoms with E-state index in [-0.39, 0.29) is 36.8 Å². The molecule has 10 nitrogen and oxygen atoms in total. The lowest BCUT2D eigenvalue weighted by atomic mass is 9.52. The number of carboxylic acids is 1. The van der Waals surface area contributed by atoms with Gasteiger partial charge in [0.1, 0.15) is 5.76 Å². The number of likely N-dealkylation sites (N-methyl/N-ethyl adjacent to an activating group) is 1. The van der Waals surface area contributed by atoms with E-state index in [0.717, 1.165) is 24.1 Å². The van der Waals surface area contributed by atoms with Crippen LogP contribution in [0.2, 0.25) is 0 Å². The zero-order valence-electron chi connectivity index (χ0n) is 19.7. The third kappa shape index (κ3) is 3.41. The molecule has 35 heavy (non-hydrogen) atoms. The number of ether oxygens (including phenoxy) is 3. The zero-order chi connectivity index (χ0) is 25.1. The number of carbonyl (C=O) groups excluding carboxylic acids is 2. The molecule has 2 aliphatic carbocycles. The van der Waals surface area contributed by atoms with E-state index in [0.29, 0.717) is 18.6 Å². The Bertz CT molecular complexity index is 1130. The predicted molar refractivity (Wildman–Crippen MR) is 120 cm³/mol. The molecular weight excluding hydrogens is 458 g/mol. The molecule has 0 unspecified atom stereocenters. The third-order valence-electron chi connectivity index (χ3n) is 8.00. The van der Waals surface area contributed by atoms with Crippen LogP contribution < -0.4 is 4.74 Å². The molecule has 3 N–H and O–H groups in total. The fourth-order valence-corrected chi connectivity index (χ4v) is 6.39. The van der Waals surface area contributed by atoms with Gasteiger partial charge >= 0.3 is 17.9 Å². The van der Waals surface area contributed by atoms with Crippen molar-refractivity contribution in [1.29, 1.82) is 0 Å². The molecular formula is C25H29NO9. The molecule has 2 aliphatic heterocycles. The molecule has 1 fully saturated rings. The zero-order valence-corrected chi connectivity index (χ0v) is 19.7. The van der Waals surface area contributed by atoms with Gasteiger partial charge in [0.2, 0.25) is 0 Å². The van der Waals surface area contributed by atoms with Crippen molar-refractivity contribution < 1.29 is 43.9 Å². The Morgan fingerprint density at radius 1 is 1.26 bits per heavy atom. The van der Waals surface area contributed by atoms with Crippen LogP contribution in [-0.2, 0) is 35.7 Å². The fraction of sp³-hybridized carbons (Fsp3) is 0.560. The number of aliphatic hydroxyl groups is 1. The molecule has 1 spiro atoms. The van der Waals surface area contributed by atoms with Gasteiger partial charge in [0.15, 0.2) is 23.7 Å². The summed E-state index contributed by atoms with van der Waals surface area (Å²) >= 11 is 0. The number of carbonyl (C=O) groups is 3. The lowest BCUT2D eigenvalue weighted by Gasteiger charge is -2.56. The van der Waals surface area contributed by atoms with Crippen LogP contribution in [0.15, 0.2) is 24.0 Å². The summed E-state index contributed by atoms with van der Waals surface area (Å²) in [5.74, 6) is -2.24. The highest BCUT2D eigenvalue weighted by molar-refractivity contribution is 5.81. The Hall–Kier alpha value is -3.11. The average molecular weight is 488 g/mol. The van der Waals surface area contributed by atoms with Crippen molar-refractivity contribution in [3.8, 4) is 11.5 Å². The van der Waals surface area contributed by atoms with Crippen LogP contribution in [-0.4, -0.2) is 75.6 Å². The number of phenolic OH excluding ortho intramolecular Hbond substituents is 1. The number of phenols is 1. The van der Waals surface area contributed by atoms with Crippen LogP contribution in [0.25, 0.3) is 0 Å². The second-order valence-corrected chi connectivity index (χ2v) is 9.90. The van der Waals surface area contributed by atoms with Gasteiger partial charge in [0, 0.05) is 18.0 Å². The second kappa shape index (κ2) is 8.23. The number of aliphatic carboxylic acids is 1. The molecule has 10 heteroatoms. The third-order valence-corrected chi connectivity index (χ3v) is 8.00. The maximum Gasteiger partial charge on any atom is 0.344 e. The fourth-order valence-electron chi connectivity index (χ4n) is 6.39. The maximum atomic E-state index is 12.6. The van der Waals surface area contributed by atoms with Crippen molar-refractivity contribution >= 4 is 17.9 Å². The van der Waals surface area contributed by atoms with Crippen LogP contribution in [0.3, 0.4) is 0 Å². The van der Waals surface area contributed by atoms with E-state index in [1.807, 2.05) is 13.1 Å². The number of carboxylic acid groups (broad SMARTS) is 1. The summed E-state index contributed by atoms with van der Waals surface area (Å²) in [6.07, 6.45) is 1.17. The van der Waals surface area contributed by atoms with E-state index >= 15 is 0 Å². The van der Waals surface area contributed by atoms with Crippen LogP contribution in [0.4, 0.5) is 0 Å². The van der Waals surface area contributed by atoms with E-state index in [9.17, 15) is 24.6 Å². The van der Waals surface area contributed by atoms with E-state index in [1.165, 1.54) is 6.92 Å². The first kappa shape index (κ1) is 23.6. The molecule has 2 bridgehead atoms. The molecule has 1 saturated heterocycles. The van der Waals surface area contributed by atoms with Crippen molar-refractivity contribution in [2.24, 2.45) is 0 Å². The molecule has 0 amide bonds. The standard InChI is InChI=1S/C25H29NO9/c1-13(23(30)31)33-18(28)6-7-19(29)34-16-8-10-25(32)17-12-14-4-5-15(27)21-20(14)24(25,22(16)35-21)9-3-11-26(17)2/h4-5,8,13,17,22,27,32H,3,6-7,9-12H2,1-2H3,(H,30,31)/t13-,17+,22-,24-,25+/m0/s1. The second-order valence-electron chi connectivity index (χ2n) is 9.90. The Morgan fingerprint density at radius 3 is 2.74 bits per heavy atom. The van der Waals surface area contributed by atoms with Crippen molar-refractivity contribution in [3.05, 3.63) is 35.1 Å². The van der Waals surface area contributed by atoms with Gasteiger partial charge in [-0.25, -0.2) is 4.79 Å². The molecule has 5 rings (SSSR count). The number of aromatic hydroxyl groups is 1. The summed E-state index contributed by atoms with van der Waals surface area (Å²) < 4.78 is 16.7. The van der Waals surface area contributed by atoms with Gasteiger partial charge in [0.05, 0.1) is 23.9 Å². The molecule has 0 radical (unpaired) electrons. The SMILES string of the molecule is C[C@H](OC(=O)CCC(=O)OC1=CC[C@@]2(O)[C@H]3Cc4ccc(O)c5c4[C@@]2(CCCN3C)[C@H]1O5)C(=O)O. The Balaban J connectivity index is 1.42. The van der Waals surface area contributed by atoms with E-state index < -0.39 is 41.1 Å². The highest BCUT2D eigenvalue weighted by Crippen LogP contribution is 2.64. The van der Waals surface area contributed by atoms with Crippen LogP contribution in [0.1, 0.15) is 50.2 Å². The number of hydrogen-bond acceptors (Lipinski definition) is 9. The molecule has 1 aromatic carbocycles. The number of hydrogen-bond donors (Lipinski definition) is 3. The summed E-state index contributed by atoms with van der Waals surface area (Å²) in [7, 11) is 2.00. The van der Waals surface area contributed by atoms with Crippen LogP contribution in [0, 0.1) is 0 Å². The molecule has 2 heterocycles. The lowest BCUT2D eigenvalue weighted by molar-refractivity contribution is -0.163. The van der Waals surface area contributed by atoms with Gasteiger partial charge in [-0.05, 0) is 57.5 Å². The molecule has 0 aromatic heterocycles. The first-order valence-electron chi connectivity index (χ1n) is 11.9. The minimum absolute atomic E-state index is 0.0214. The molecule has 188 valence electrons. The van der Waals surface area contributed by atoms with Crippen molar-refractivity contribution in [2.75, 3.05) is 13.6 Å². The summed E-state index contributed by atoms with van der Waals surface area (Å²) in [6.45, 7) is 2.02. The maximum absolute atomic E-state index is 12.6. The van der Waals surface area contributed by atoms with Crippen molar-refractivity contribution in [2.45, 2.75) is 74.7 Å². The highest BCUT2D eigenvalue weighted by atomic mass is 16.6. The molecule has 1 aromatic rings. The van der Waals surface area contributed by atoms with Gasteiger partial charge in [0.25, 0.3) is 0 Å². The number of nitrogens with zero attached hydrogens (tertiary/aromatic N) is 1. The van der Waals surface area contributed by atoms with E-state index in [1.54, 1.807) is 12.1 Å². The average Bonchev–Trinajstić information content (AvgIpc) is 3.14. The van der Waals surface area contributed by atoms with Crippen LogP contribution in [0.5, 0.6) is 11.5 Å². The normalized spacial score (nSPS) is 31.3.